The molecule has 0 bridgehead atoms. The number of halogens is 2. The number of hydrogen-bond acceptors (Lipinski definition) is 3. The zero-order chi connectivity index (χ0) is 12.3. The van der Waals surface area contributed by atoms with E-state index < -0.39 is 0 Å². The van der Waals surface area contributed by atoms with Crippen LogP contribution in [0.3, 0.4) is 0 Å². The lowest BCUT2D eigenvalue weighted by Crippen LogP contribution is -2.00. The summed E-state index contributed by atoms with van der Waals surface area (Å²) in [6.07, 6.45) is 0. The summed E-state index contributed by atoms with van der Waals surface area (Å²) < 4.78 is 18.1. The third-order valence-corrected chi connectivity index (χ3v) is 3.52. The second kappa shape index (κ2) is 5.38. The highest BCUT2D eigenvalue weighted by Crippen LogP contribution is 2.26. The van der Waals surface area contributed by atoms with Crippen molar-refractivity contribution in [2.24, 2.45) is 0 Å². The molecule has 2 nitrogen and oxygen atoms in total. The van der Waals surface area contributed by atoms with Gasteiger partial charge in [0.2, 0.25) is 0 Å². The first-order valence-electron chi connectivity index (χ1n) is 4.99. The topological polar surface area (TPSA) is 21.3 Å². The fourth-order valence-electron chi connectivity index (χ4n) is 1.44. The Bertz CT molecular complexity index is 515. The summed E-state index contributed by atoms with van der Waals surface area (Å²) in [5, 5.41) is 5.79. The molecule has 0 spiro atoms. The van der Waals surface area contributed by atoms with Gasteiger partial charge in [-0.2, -0.15) is 0 Å². The first kappa shape index (κ1) is 12.2. The molecule has 2 rings (SSSR count). The van der Waals surface area contributed by atoms with E-state index in [0.29, 0.717) is 12.3 Å². The van der Waals surface area contributed by atoms with Crippen LogP contribution >= 0.6 is 22.9 Å². The molecule has 0 aliphatic carbocycles. The summed E-state index contributed by atoms with van der Waals surface area (Å²) in [4.78, 5) is 1.11. The number of benzene rings is 1. The Hall–Kier alpha value is -1.26. The minimum absolute atomic E-state index is 0.313. The molecule has 0 aliphatic rings. The van der Waals surface area contributed by atoms with Crippen molar-refractivity contribution in [2.45, 2.75) is 6.54 Å². The predicted molar refractivity (Wildman–Crippen MR) is 69.6 cm³/mol. The molecule has 1 aromatic heterocycles. The average Bonchev–Trinajstić information content (AvgIpc) is 2.73. The van der Waals surface area contributed by atoms with Crippen LogP contribution in [0.5, 0.6) is 5.75 Å². The normalized spacial score (nSPS) is 10.3. The van der Waals surface area contributed by atoms with Crippen LogP contribution in [0.2, 0.25) is 5.02 Å². The SMILES string of the molecule is COc1cc(F)ccc1NCc1cc(Cl)cs1. The summed E-state index contributed by atoms with van der Waals surface area (Å²) in [7, 11) is 1.52. The van der Waals surface area contributed by atoms with Gasteiger partial charge in [0, 0.05) is 22.9 Å². The predicted octanol–water partition coefficient (Wildman–Crippen LogP) is 4.16. The molecule has 0 fully saturated rings. The Balaban J connectivity index is 2.08. The van der Waals surface area contributed by atoms with Gasteiger partial charge in [0.15, 0.2) is 0 Å². The Morgan fingerprint density at radius 3 is 2.88 bits per heavy atom. The van der Waals surface area contributed by atoms with Crippen molar-refractivity contribution in [1.82, 2.24) is 0 Å². The Labute approximate surface area is 108 Å². The molecule has 0 aliphatic heterocycles. The number of thiophene rings is 1. The number of methoxy groups -OCH3 is 1. The summed E-state index contributed by atoms with van der Waals surface area (Å²) in [6.45, 7) is 0.638. The molecule has 0 unspecified atom stereocenters. The van der Waals surface area contributed by atoms with E-state index in [9.17, 15) is 4.39 Å². The molecule has 90 valence electrons. The zero-order valence-electron chi connectivity index (χ0n) is 9.17. The van der Waals surface area contributed by atoms with E-state index in [1.54, 1.807) is 17.4 Å². The molecular weight excluding hydrogens is 261 g/mol. The van der Waals surface area contributed by atoms with Crippen molar-refractivity contribution >= 4 is 28.6 Å². The first-order chi connectivity index (χ1) is 8.19. The number of rotatable bonds is 4. The van der Waals surface area contributed by atoms with Crippen LogP contribution in [0.1, 0.15) is 4.88 Å². The fourth-order valence-corrected chi connectivity index (χ4v) is 2.45. The maximum absolute atomic E-state index is 13.0. The van der Waals surface area contributed by atoms with Gasteiger partial charge < -0.3 is 10.1 Å². The molecule has 17 heavy (non-hydrogen) atoms. The molecule has 2 aromatic rings. The van der Waals surface area contributed by atoms with E-state index in [2.05, 4.69) is 5.32 Å². The average molecular weight is 272 g/mol. The van der Waals surface area contributed by atoms with E-state index in [4.69, 9.17) is 16.3 Å². The third kappa shape index (κ3) is 3.11. The highest BCUT2D eigenvalue weighted by Gasteiger charge is 2.05. The maximum atomic E-state index is 13.0. The number of ether oxygens (including phenoxy) is 1. The van der Waals surface area contributed by atoms with Crippen LogP contribution in [0.4, 0.5) is 10.1 Å². The lowest BCUT2D eigenvalue weighted by molar-refractivity contribution is 0.413. The molecule has 0 saturated heterocycles. The first-order valence-corrected chi connectivity index (χ1v) is 6.25. The van der Waals surface area contributed by atoms with Gasteiger partial charge >= 0.3 is 0 Å². The van der Waals surface area contributed by atoms with E-state index in [0.717, 1.165) is 15.6 Å². The monoisotopic (exact) mass is 271 g/mol. The molecule has 0 atom stereocenters. The summed E-state index contributed by atoms with van der Waals surface area (Å²) in [5.41, 5.74) is 0.762. The fraction of sp³-hybridized carbons (Fsp3) is 0.167. The summed E-state index contributed by atoms with van der Waals surface area (Å²) in [5.74, 6) is 0.180. The van der Waals surface area contributed by atoms with Gasteiger partial charge in [-0.15, -0.1) is 11.3 Å². The third-order valence-electron chi connectivity index (χ3n) is 2.24. The lowest BCUT2D eigenvalue weighted by atomic mass is 10.3. The Morgan fingerprint density at radius 2 is 2.24 bits per heavy atom. The number of nitrogens with one attached hydrogen (secondary N) is 1. The van der Waals surface area contributed by atoms with Crippen molar-refractivity contribution in [1.29, 1.82) is 0 Å². The standard InChI is InChI=1S/C12H11ClFNOS/c1-16-12-5-9(14)2-3-11(12)15-6-10-4-8(13)7-17-10/h2-5,7,15H,6H2,1H3. The molecule has 5 heteroatoms. The minimum Gasteiger partial charge on any atom is -0.494 e. The summed E-state index contributed by atoms with van der Waals surface area (Å²) >= 11 is 7.41. The molecule has 0 saturated carbocycles. The molecule has 1 aromatic carbocycles. The highest BCUT2D eigenvalue weighted by atomic mass is 35.5. The van der Waals surface area contributed by atoms with Crippen LogP contribution in [-0.4, -0.2) is 7.11 Å². The van der Waals surface area contributed by atoms with Crippen molar-refractivity contribution in [3.63, 3.8) is 0 Å². The van der Waals surface area contributed by atoms with Crippen LogP contribution in [-0.2, 0) is 6.54 Å². The van der Waals surface area contributed by atoms with Gasteiger partial charge in [-0.25, -0.2) is 4.39 Å². The van der Waals surface area contributed by atoms with Gasteiger partial charge in [-0.3, -0.25) is 0 Å². The van der Waals surface area contributed by atoms with Crippen LogP contribution in [0.15, 0.2) is 29.6 Å². The second-order valence-electron chi connectivity index (χ2n) is 3.43. The zero-order valence-corrected chi connectivity index (χ0v) is 10.7. The summed E-state index contributed by atoms with van der Waals surface area (Å²) in [6, 6.07) is 6.30. The van der Waals surface area contributed by atoms with Gasteiger partial charge in [0.1, 0.15) is 11.6 Å². The maximum Gasteiger partial charge on any atom is 0.144 e. The quantitative estimate of drug-likeness (QED) is 0.901. The van der Waals surface area contributed by atoms with Crippen molar-refractivity contribution in [2.75, 3.05) is 12.4 Å². The largest absolute Gasteiger partial charge is 0.494 e. The van der Waals surface area contributed by atoms with Gasteiger partial charge in [0.25, 0.3) is 0 Å². The van der Waals surface area contributed by atoms with E-state index in [1.807, 2.05) is 11.4 Å². The number of anilines is 1. The van der Waals surface area contributed by atoms with E-state index in [-0.39, 0.29) is 5.82 Å². The Kier molecular flexibility index (Phi) is 3.86. The molecular formula is C12H11ClFNOS. The molecule has 1 N–H and O–H groups in total. The van der Waals surface area contributed by atoms with Crippen LogP contribution < -0.4 is 10.1 Å². The smallest absolute Gasteiger partial charge is 0.144 e. The number of hydrogen-bond donors (Lipinski definition) is 1. The van der Waals surface area contributed by atoms with Crippen LogP contribution in [0, 0.1) is 5.82 Å². The van der Waals surface area contributed by atoms with E-state index in [1.165, 1.54) is 19.2 Å². The van der Waals surface area contributed by atoms with E-state index >= 15 is 0 Å². The highest BCUT2D eigenvalue weighted by molar-refractivity contribution is 7.10. The second-order valence-corrected chi connectivity index (χ2v) is 4.86. The molecule has 1 heterocycles. The van der Waals surface area contributed by atoms with Gasteiger partial charge in [0.05, 0.1) is 17.8 Å². The molecule has 0 amide bonds. The van der Waals surface area contributed by atoms with Crippen molar-refractivity contribution in [3.05, 3.63) is 45.4 Å². The minimum atomic E-state index is -0.313. The van der Waals surface area contributed by atoms with Crippen molar-refractivity contribution in [3.8, 4) is 5.75 Å². The lowest BCUT2D eigenvalue weighted by Gasteiger charge is -2.10. The van der Waals surface area contributed by atoms with Crippen molar-refractivity contribution < 1.29 is 9.13 Å². The molecule has 0 radical (unpaired) electrons. The van der Waals surface area contributed by atoms with Gasteiger partial charge in [-0.05, 0) is 18.2 Å². The van der Waals surface area contributed by atoms with Crippen LogP contribution in [0.25, 0.3) is 0 Å². The van der Waals surface area contributed by atoms with Gasteiger partial charge in [-0.1, -0.05) is 11.6 Å². The Morgan fingerprint density at radius 1 is 1.41 bits per heavy atom.